The Balaban J connectivity index is 2.00. The summed E-state index contributed by atoms with van der Waals surface area (Å²) in [5, 5.41) is 0. The topological polar surface area (TPSA) is 57.4 Å². The Hall–Kier alpha value is -0.650. The Bertz CT molecular complexity index is 304. The lowest BCUT2D eigenvalue weighted by molar-refractivity contribution is 0.137. The minimum atomic E-state index is -0.0799. The third-order valence-electron chi connectivity index (χ3n) is 2.04. The average Bonchev–Trinajstić information content (AvgIpc) is 2.56. The Morgan fingerprint density at radius 1 is 1.50 bits per heavy atom. The monoisotopic (exact) mass is 258 g/mol. The van der Waals surface area contributed by atoms with Crippen molar-refractivity contribution in [1.82, 2.24) is 4.98 Å². The van der Waals surface area contributed by atoms with Crippen LogP contribution in [0.5, 0.6) is 5.88 Å². The number of hydrogen-bond acceptors (Lipinski definition) is 4. The Labute approximate surface area is 90.5 Å². The molecule has 1 aliphatic heterocycles. The molecule has 2 heterocycles. The number of hydrogen-bond donors (Lipinski definition) is 1. The molecule has 1 aromatic rings. The molecule has 4 nitrogen and oxygen atoms in total. The van der Waals surface area contributed by atoms with Gasteiger partial charge in [0.1, 0.15) is 6.10 Å². The molecule has 76 valence electrons. The molecular formula is C9H11BrN2O2. The highest BCUT2D eigenvalue weighted by molar-refractivity contribution is 9.10. The van der Waals surface area contributed by atoms with Gasteiger partial charge in [-0.15, -0.1) is 0 Å². The van der Waals surface area contributed by atoms with E-state index < -0.39 is 0 Å². The molecule has 2 rings (SSSR count). The summed E-state index contributed by atoms with van der Waals surface area (Å²) < 4.78 is 11.7. The lowest BCUT2D eigenvalue weighted by Gasteiger charge is -2.14. The van der Waals surface area contributed by atoms with Gasteiger partial charge in [0.05, 0.1) is 19.3 Å². The van der Waals surface area contributed by atoms with Crippen LogP contribution in [0.25, 0.3) is 0 Å². The van der Waals surface area contributed by atoms with Gasteiger partial charge in [-0.25, -0.2) is 4.98 Å². The number of halogens is 1. The minimum absolute atomic E-state index is 0.0551. The standard InChI is InChI=1S/C9H11BrN2O2/c10-6-1-2-9(12-3-6)14-8-5-13-4-7(8)11/h1-3,7-8H,4-5,11H2. The van der Waals surface area contributed by atoms with Crippen LogP contribution in [0.4, 0.5) is 0 Å². The normalized spacial score (nSPS) is 26.4. The summed E-state index contributed by atoms with van der Waals surface area (Å²) in [5.41, 5.74) is 5.77. The van der Waals surface area contributed by atoms with Crippen LogP contribution in [0.3, 0.4) is 0 Å². The van der Waals surface area contributed by atoms with E-state index in [2.05, 4.69) is 20.9 Å². The van der Waals surface area contributed by atoms with Gasteiger partial charge >= 0.3 is 0 Å². The smallest absolute Gasteiger partial charge is 0.213 e. The largest absolute Gasteiger partial charge is 0.470 e. The number of nitrogens with two attached hydrogens (primary N) is 1. The van der Waals surface area contributed by atoms with E-state index in [1.807, 2.05) is 6.07 Å². The maximum Gasteiger partial charge on any atom is 0.213 e. The first-order valence-electron chi connectivity index (χ1n) is 4.37. The fourth-order valence-electron chi connectivity index (χ4n) is 1.26. The summed E-state index contributed by atoms with van der Waals surface area (Å²) in [6.45, 7) is 1.10. The Morgan fingerprint density at radius 2 is 2.36 bits per heavy atom. The van der Waals surface area contributed by atoms with Crippen molar-refractivity contribution < 1.29 is 9.47 Å². The predicted molar refractivity (Wildman–Crippen MR) is 55.1 cm³/mol. The highest BCUT2D eigenvalue weighted by Crippen LogP contribution is 2.16. The minimum Gasteiger partial charge on any atom is -0.470 e. The molecule has 0 bridgehead atoms. The summed E-state index contributed by atoms with van der Waals surface area (Å²) in [6.07, 6.45) is 1.61. The summed E-state index contributed by atoms with van der Waals surface area (Å²) >= 11 is 3.30. The van der Waals surface area contributed by atoms with Gasteiger partial charge in [-0.3, -0.25) is 0 Å². The zero-order chi connectivity index (χ0) is 9.97. The highest BCUT2D eigenvalue weighted by Gasteiger charge is 2.26. The SMILES string of the molecule is NC1COCC1Oc1ccc(Br)cn1. The van der Waals surface area contributed by atoms with E-state index >= 15 is 0 Å². The molecular weight excluding hydrogens is 248 g/mol. The van der Waals surface area contributed by atoms with Gasteiger partial charge in [0, 0.05) is 16.7 Å². The molecule has 1 saturated heterocycles. The first kappa shape index (κ1) is 9.89. The molecule has 1 fully saturated rings. The van der Waals surface area contributed by atoms with Gasteiger partial charge in [0.15, 0.2) is 0 Å². The molecule has 0 aliphatic carbocycles. The molecule has 0 aromatic carbocycles. The van der Waals surface area contributed by atoms with Crippen LogP contribution in [-0.4, -0.2) is 30.3 Å². The summed E-state index contributed by atoms with van der Waals surface area (Å²) in [6, 6.07) is 3.62. The average molecular weight is 259 g/mol. The molecule has 0 saturated carbocycles. The second kappa shape index (κ2) is 4.25. The van der Waals surface area contributed by atoms with E-state index in [1.165, 1.54) is 0 Å². The molecule has 2 N–H and O–H groups in total. The van der Waals surface area contributed by atoms with E-state index in [0.29, 0.717) is 19.1 Å². The maximum atomic E-state index is 5.77. The van der Waals surface area contributed by atoms with Crippen LogP contribution in [0.2, 0.25) is 0 Å². The zero-order valence-electron chi connectivity index (χ0n) is 7.52. The molecule has 2 atom stereocenters. The zero-order valence-corrected chi connectivity index (χ0v) is 9.11. The Morgan fingerprint density at radius 3 is 2.93 bits per heavy atom. The molecule has 1 aromatic heterocycles. The van der Waals surface area contributed by atoms with Gasteiger partial charge in [-0.05, 0) is 22.0 Å². The van der Waals surface area contributed by atoms with E-state index in [9.17, 15) is 0 Å². The lowest BCUT2D eigenvalue weighted by Crippen LogP contribution is -2.37. The third kappa shape index (κ3) is 2.23. The number of ether oxygens (including phenoxy) is 2. The van der Waals surface area contributed by atoms with Crippen LogP contribution in [0.15, 0.2) is 22.8 Å². The summed E-state index contributed by atoms with van der Waals surface area (Å²) in [4.78, 5) is 4.10. The first-order valence-corrected chi connectivity index (χ1v) is 5.16. The van der Waals surface area contributed by atoms with Crippen LogP contribution in [-0.2, 0) is 4.74 Å². The Kier molecular flexibility index (Phi) is 3.00. The van der Waals surface area contributed by atoms with Crippen molar-refractivity contribution >= 4 is 15.9 Å². The second-order valence-corrected chi connectivity index (χ2v) is 4.09. The van der Waals surface area contributed by atoms with E-state index in [1.54, 1.807) is 12.3 Å². The van der Waals surface area contributed by atoms with Crippen LogP contribution in [0, 0.1) is 0 Å². The fraction of sp³-hybridized carbons (Fsp3) is 0.444. The molecule has 0 radical (unpaired) electrons. The van der Waals surface area contributed by atoms with Crippen molar-refractivity contribution in [1.29, 1.82) is 0 Å². The molecule has 1 aliphatic rings. The van der Waals surface area contributed by atoms with Crippen LogP contribution >= 0.6 is 15.9 Å². The molecule has 2 unspecified atom stereocenters. The number of aromatic nitrogens is 1. The first-order chi connectivity index (χ1) is 6.75. The number of nitrogens with zero attached hydrogens (tertiary/aromatic N) is 1. The van der Waals surface area contributed by atoms with Crippen LogP contribution in [0.1, 0.15) is 0 Å². The van der Waals surface area contributed by atoms with Gasteiger partial charge in [-0.2, -0.15) is 0 Å². The number of rotatable bonds is 2. The van der Waals surface area contributed by atoms with Gasteiger partial charge in [-0.1, -0.05) is 0 Å². The maximum absolute atomic E-state index is 5.77. The van der Waals surface area contributed by atoms with Gasteiger partial charge in [0.25, 0.3) is 0 Å². The van der Waals surface area contributed by atoms with Gasteiger partial charge in [0.2, 0.25) is 5.88 Å². The van der Waals surface area contributed by atoms with Gasteiger partial charge < -0.3 is 15.2 Å². The molecule has 5 heteroatoms. The molecule has 0 amide bonds. The summed E-state index contributed by atoms with van der Waals surface area (Å²) in [7, 11) is 0. The molecule has 0 spiro atoms. The predicted octanol–water partition coefficient (Wildman–Crippen LogP) is 0.949. The fourth-order valence-corrected chi connectivity index (χ4v) is 1.49. The number of pyridine rings is 1. The quantitative estimate of drug-likeness (QED) is 0.859. The highest BCUT2D eigenvalue weighted by atomic mass is 79.9. The van der Waals surface area contributed by atoms with E-state index in [-0.39, 0.29) is 12.1 Å². The summed E-state index contributed by atoms with van der Waals surface area (Å²) in [5.74, 6) is 0.583. The third-order valence-corrected chi connectivity index (χ3v) is 2.51. The van der Waals surface area contributed by atoms with E-state index in [4.69, 9.17) is 15.2 Å². The van der Waals surface area contributed by atoms with E-state index in [0.717, 1.165) is 4.47 Å². The van der Waals surface area contributed by atoms with Crippen molar-refractivity contribution in [3.05, 3.63) is 22.8 Å². The second-order valence-electron chi connectivity index (χ2n) is 3.17. The van der Waals surface area contributed by atoms with Crippen molar-refractivity contribution in [3.8, 4) is 5.88 Å². The lowest BCUT2D eigenvalue weighted by atomic mass is 10.2. The van der Waals surface area contributed by atoms with Crippen LogP contribution < -0.4 is 10.5 Å². The molecule has 14 heavy (non-hydrogen) atoms. The van der Waals surface area contributed by atoms with Crippen molar-refractivity contribution in [2.45, 2.75) is 12.1 Å². The van der Waals surface area contributed by atoms with Crippen molar-refractivity contribution in [3.63, 3.8) is 0 Å². The van der Waals surface area contributed by atoms with Crippen molar-refractivity contribution in [2.75, 3.05) is 13.2 Å². The van der Waals surface area contributed by atoms with Crippen molar-refractivity contribution in [2.24, 2.45) is 5.73 Å².